The van der Waals surface area contributed by atoms with Crippen molar-refractivity contribution in [2.75, 3.05) is 11.4 Å². The van der Waals surface area contributed by atoms with Crippen LogP contribution in [-0.2, 0) is 17.8 Å². The number of hydrogen-bond donors (Lipinski definition) is 1. The zero-order chi connectivity index (χ0) is 16.4. The van der Waals surface area contributed by atoms with E-state index in [0.717, 1.165) is 17.7 Å². The summed E-state index contributed by atoms with van der Waals surface area (Å²) in [6.45, 7) is 4.89. The maximum atomic E-state index is 12.4. The normalized spacial score (nSPS) is 14.4. The van der Waals surface area contributed by atoms with E-state index in [1.54, 1.807) is 30.4 Å². The van der Waals surface area contributed by atoms with E-state index in [9.17, 15) is 9.59 Å². The molecule has 1 aromatic carbocycles. The molecule has 0 radical (unpaired) electrons. The second-order valence-corrected chi connectivity index (χ2v) is 5.90. The van der Waals surface area contributed by atoms with Gasteiger partial charge < -0.3 is 14.8 Å². The first kappa shape index (κ1) is 15.3. The minimum atomic E-state index is -0.0957. The summed E-state index contributed by atoms with van der Waals surface area (Å²) in [6.07, 6.45) is 6.11. The Bertz CT molecular complexity index is 724. The van der Waals surface area contributed by atoms with Crippen LogP contribution in [0.3, 0.4) is 0 Å². The Morgan fingerprint density at radius 2 is 2.22 bits per heavy atom. The van der Waals surface area contributed by atoms with Gasteiger partial charge >= 0.3 is 0 Å². The number of fused-ring (bicyclic) bond motifs is 1. The molecule has 1 atom stereocenters. The number of carbonyl (C=O) groups excluding carboxylic acids is 2. The quantitative estimate of drug-likeness (QED) is 0.932. The zero-order valence-corrected chi connectivity index (χ0v) is 13.3. The van der Waals surface area contributed by atoms with Gasteiger partial charge in [0, 0.05) is 49.7 Å². The maximum absolute atomic E-state index is 12.4. The van der Waals surface area contributed by atoms with Crippen LogP contribution < -0.4 is 10.2 Å². The third kappa shape index (κ3) is 3.26. The highest BCUT2D eigenvalue weighted by atomic mass is 16.2. The van der Waals surface area contributed by atoms with E-state index in [-0.39, 0.29) is 17.9 Å². The van der Waals surface area contributed by atoms with Crippen molar-refractivity contribution in [1.82, 2.24) is 14.9 Å². The first-order valence-electron chi connectivity index (χ1n) is 7.72. The summed E-state index contributed by atoms with van der Waals surface area (Å²) < 4.78 is 1.93. The molecule has 0 bridgehead atoms. The molecule has 0 fully saturated rings. The Morgan fingerprint density at radius 3 is 2.91 bits per heavy atom. The molecule has 1 N–H and O–H groups in total. The number of anilines is 1. The number of imidazole rings is 1. The molecule has 6 heteroatoms. The summed E-state index contributed by atoms with van der Waals surface area (Å²) in [5, 5.41) is 2.99. The van der Waals surface area contributed by atoms with Crippen molar-refractivity contribution < 1.29 is 9.59 Å². The highest BCUT2D eigenvalue weighted by Crippen LogP contribution is 2.28. The van der Waals surface area contributed by atoms with Crippen LogP contribution in [0.25, 0.3) is 0 Å². The second-order valence-electron chi connectivity index (χ2n) is 5.90. The van der Waals surface area contributed by atoms with Gasteiger partial charge in [0.05, 0.1) is 6.33 Å². The monoisotopic (exact) mass is 312 g/mol. The first-order valence-corrected chi connectivity index (χ1v) is 7.72. The summed E-state index contributed by atoms with van der Waals surface area (Å²) in [4.78, 5) is 29.7. The molecule has 6 nitrogen and oxygen atoms in total. The zero-order valence-electron chi connectivity index (χ0n) is 13.3. The minimum Gasteiger partial charge on any atom is -0.348 e. The predicted octanol–water partition coefficient (Wildman–Crippen LogP) is 1.61. The number of amides is 2. The highest BCUT2D eigenvalue weighted by molar-refractivity contribution is 5.97. The van der Waals surface area contributed by atoms with E-state index in [0.29, 0.717) is 18.7 Å². The van der Waals surface area contributed by atoms with Crippen LogP contribution in [0.1, 0.15) is 29.8 Å². The van der Waals surface area contributed by atoms with Crippen molar-refractivity contribution in [3.63, 3.8) is 0 Å². The van der Waals surface area contributed by atoms with Crippen molar-refractivity contribution in [2.45, 2.75) is 32.9 Å². The van der Waals surface area contributed by atoms with E-state index in [1.807, 2.05) is 29.8 Å². The lowest BCUT2D eigenvalue weighted by Crippen LogP contribution is -2.35. The molecule has 23 heavy (non-hydrogen) atoms. The lowest BCUT2D eigenvalue weighted by atomic mass is 10.1. The fourth-order valence-corrected chi connectivity index (χ4v) is 2.93. The third-order valence-electron chi connectivity index (χ3n) is 4.04. The van der Waals surface area contributed by atoms with Crippen molar-refractivity contribution >= 4 is 17.5 Å². The standard InChI is InChI=1S/C17H20N4O2/c1-12(10-20-8-6-18-11-20)19-17(23)15-3-4-16-14(9-15)5-7-21(16)13(2)22/h3-4,6,8-9,11-12H,5,7,10H2,1-2H3,(H,19,23). The van der Waals surface area contributed by atoms with Crippen LogP contribution >= 0.6 is 0 Å². The highest BCUT2D eigenvalue weighted by Gasteiger charge is 2.23. The Labute approximate surface area is 135 Å². The third-order valence-corrected chi connectivity index (χ3v) is 4.04. The van der Waals surface area contributed by atoms with Crippen LogP contribution in [0.2, 0.25) is 0 Å². The number of hydrogen-bond acceptors (Lipinski definition) is 3. The van der Waals surface area contributed by atoms with Gasteiger partial charge in [-0.05, 0) is 37.1 Å². The second kappa shape index (κ2) is 6.24. The fraction of sp³-hybridized carbons (Fsp3) is 0.353. The largest absolute Gasteiger partial charge is 0.348 e. The predicted molar refractivity (Wildman–Crippen MR) is 87.3 cm³/mol. The van der Waals surface area contributed by atoms with Gasteiger partial charge in [0.2, 0.25) is 5.91 Å². The topological polar surface area (TPSA) is 67.2 Å². The van der Waals surface area contributed by atoms with E-state index in [1.165, 1.54) is 0 Å². The molecular weight excluding hydrogens is 292 g/mol. The molecule has 0 saturated carbocycles. The molecule has 3 rings (SSSR count). The Morgan fingerprint density at radius 1 is 1.39 bits per heavy atom. The van der Waals surface area contributed by atoms with Crippen LogP contribution in [0.15, 0.2) is 36.9 Å². The van der Waals surface area contributed by atoms with Gasteiger partial charge in [0.15, 0.2) is 0 Å². The molecule has 2 amide bonds. The van der Waals surface area contributed by atoms with Gasteiger partial charge in [-0.1, -0.05) is 0 Å². The number of carbonyl (C=O) groups is 2. The molecular formula is C17H20N4O2. The summed E-state index contributed by atoms with van der Waals surface area (Å²) >= 11 is 0. The lowest BCUT2D eigenvalue weighted by molar-refractivity contribution is -0.116. The van der Waals surface area contributed by atoms with Crippen molar-refractivity contribution in [1.29, 1.82) is 0 Å². The van der Waals surface area contributed by atoms with Crippen molar-refractivity contribution in [3.05, 3.63) is 48.0 Å². The molecule has 120 valence electrons. The number of nitrogens with one attached hydrogen (secondary N) is 1. The Balaban J connectivity index is 1.67. The molecule has 2 aromatic rings. The summed E-state index contributed by atoms with van der Waals surface area (Å²) in [5.74, 6) is -0.0587. The van der Waals surface area contributed by atoms with Crippen LogP contribution in [0.4, 0.5) is 5.69 Å². The Hall–Kier alpha value is -2.63. The molecule has 2 heterocycles. The maximum Gasteiger partial charge on any atom is 0.251 e. The van der Waals surface area contributed by atoms with E-state index >= 15 is 0 Å². The van der Waals surface area contributed by atoms with Crippen LogP contribution in [0.5, 0.6) is 0 Å². The smallest absolute Gasteiger partial charge is 0.251 e. The number of benzene rings is 1. The summed E-state index contributed by atoms with van der Waals surface area (Å²) in [7, 11) is 0. The molecule has 1 unspecified atom stereocenters. The van der Waals surface area contributed by atoms with Gasteiger partial charge in [-0.2, -0.15) is 0 Å². The van der Waals surface area contributed by atoms with Gasteiger partial charge in [-0.3, -0.25) is 9.59 Å². The first-order chi connectivity index (χ1) is 11.0. The molecule has 1 aromatic heterocycles. The van der Waals surface area contributed by atoms with E-state index in [2.05, 4.69) is 10.3 Å². The van der Waals surface area contributed by atoms with Gasteiger partial charge in [-0.15, -0.1) is 0 Å². The lowest BCUT2D eigenvalue weighted by Gasteiger charge is -2.16. The van der Waals surface area contributed by atoms with E-state index < -0.39 is 0 Å². The van der Waals surface area contributed by atoms with Gasteiger partial charge in [0.1, 0.15) is 0 Å². The molecule has 1 aliphatic heterocycles. The summed E-state index contributed by atoms with van der Waals surface area (Å²) in [5.41, 5.74) is 2.60. The SMILES string of the molecule is CC(=O)N1CCc2cc(C(=O)NC(C)Cn3ccnc3)ccc21. The Kier molecular flexibility index (Phi) is 4.14. The van der Waals surface area contributed by atoms with Crippen LogP contribution in [-0.4, -0.2) is 34.0 Å². The van der Waals surface area contributed by atoms with Crippen molar-refractivity contribution in [2.24, 2.45) is 0 Å². The van der Waals surface area contributed by atoms with E-state index in [4.69, 9.17) is 0 Å². The molecule has 1 aliphatic rings. The van der Waals surface area contributed by atoms with Gasteiger partial charge in [0.25, 0.3) is 5.91 Å². The number of aromatic nitrogens is 2. The van der Waals surface area contributed by atoms with Gasteiger partial charge in [-0.25, -0.2) is 4.98 Å². The minimum absolute atomic E-state index is 0.00123. The fourth-order valence-electron chi connectivity index (χ4n) is 2.93. The summed E-state index contributed by atoms with van der Waals surface area (Å²) in [6, 6.07) is 5.52. The molecule has 0 saturated heterocycles. The average Bonchev–Trinajstić information content (AvgIpc) is 3.14. The average molecular weight is 312 g/mol. The molecule has 0 aliphatic carbocycles. The van der Waals surface area contributed by atoms with Crippen LogP contribution in [0, 0.1) is 0 Å². The number of nitrogens with zero attached hydrogens (tertiary/aromatic N) is 3. The van der Waals surface area contributed by atoms with Crippen molar-refractivity contribution in [3.8, 4) is 0 Å². The number of rotatable bonds is 4. The molecule has 0 spiro atoms.